The molecule has 0 saturated carbocycles. The van der Waals surface area contributed by atoms with Crippen molar-refractivity contribution >= 4 is 5.69 Å². The summed E-state index contributed by atoms with van der Waals surface area (Å²) in [7, 11) is 1.76. The van der Waals surface area contributed by atoms with Crippen LogP contribution in [0.2, 0.25) is 0 Å². The molecule has 0 aromatic carbocycles. The van der Waals surface area contributed by atoms with Crippen LogP contribution in [0.4, 0.5) is 5.69 Å². The third-order valence-electron chi connectivity index (χ3n) is 4.55. The molecule has 2 aliphatic rings. The fourth-order valence-corrected chi connectivity index (χ4v) is 3.21. The van der Waals surface area contributed by atoms with Gasteiger partial charge < -0.3 is 15.0 Å². The van der Waals surface area contributed by atoms with Crippen LogP contribution < -0.4 is 15.8 Å². The number of aromatic nitrogens is 2. The summed E-state index contributed by atoms with van der Waals surface area (Å²) in [5, 5.41) is 7.74. The van der Waals surface area contributed by atoms with Gasteiger partial charge in [0.1, 0.15) is 0 Å². The fraction of sp³-hybridized carbons (Fsp3) is 0.733. The second-order valence-electron chi connectivity index (χ2n) is 5.95. The highest BCUT2D eigenvalue weighted by molar-refractivity contribution is 5.43. The molecule has 21 heavy (non-hydrogen) atoms. The number of nitrogens with zero attached hydrogens (tertiary/aromatic N) is 3. The SMILES string of the molecule is COC1CCN(c2cnn(C[C@H]3CCCN3)c(=O)c2)CC1. The van der Waals surface area contributed by atoms with E-state index >= 15 is 0 Å². The summed E-state index contributed by atoms with van der Waals surface area (Å²) in [6.07, 6.45) is 6.50. The van der Waals surface area contributed by atoms with Crippen molar-refractivity contribution < 1.29 is 4.74 Å². The molecule has 6 heteroatoms. The molecular formula is C15H24N4O2. The van der Waals surface area contributed by atoms with Crippen LogP contribution in [0.3, 0.4) is 0 Å². The van der Waals surface area contributed by atoms with Gasteiger partial charge in [0.25, 0.3) is 5.56 Å². The zero-order chi connectivity index (χ0) is 14.7. The van der Waals surface area contributed by atoms with E-state index in [2.05, 4.69) is 15.3 Å². The number of nitrogens with one attached hydrogen (secondary N) is 1. The Labute approximate surface area is 125 Å². The van der Waals surface area contributed by atoms with Crippen LogP contribution in [0.5, 0.6) is 0 Å². The number of anilines is 1. The third kappa shape index (κ3) is 3.44. The molecule has 1 N–H and O–H groups in total. The molecule has 0 aliphatic carbocycles. The van der Waals surface area contributed by atoms with Crippen molar-refractivity contribution in [1.29, 1.82) is 0 Å². The smallest absolute Gasteiger partial charge is 0.268 e. The molecule has 1 atom stereocenters. The molecule has 2 saturated heterocycles. The lowest BCUT2D eigenvalue weighted by atomic mass is 10.1. The molecule has 0 amide bonds. The van der Waals surface area contributed by atoms with Crippen molar-refractivity contribution in [2.75, 3.05) is 31.6 Å². The van der Waals surface area contributed by atoms with Crippen molar-refractivity contribution in [2.24, 2.45) is 0 Å². The zero-order valence-corrected chi connectivity index (χ0v) is 12.6. The highest BCUT2D eigenvalue weighted by Gasteiger charge is 2.20. The number of hydrogen-bond donors (Lipinski definition) is 1. The Morgan fingerprint density at radius 3 is 2.81 bits per heavy atom. The maximum absolute atomic E-state index is 12.2. The van der Waals surface area contributed by atoms with Crippen LogP contribution in [-0.4, -0.2) is 48.7 Å². The minimum Gasteiger partial charge on any atom is -0.381 e. The van der Waals surface area contributed by atoms with Crippen LogP contribution in [-0.2, 0) is 11.3 Å². The second-order valence-corrected chi connectivity index (χ2v) is 5.95. The predicted octanol–water partition coefficient (Wildman–Crippen LogP) is 0.611. The van der Waals surface area contributed by atoms with Crippen molar-refractivity contribution in [3.05, 3.63) is 22.6 Å². The summed E-state index contributed by atoms with van der Waals surface area (Å²) >= 11 is 0. The van der Waals surface area contributed by atoms with Crippen molar-refractivity contribution in [1.82, 2.24) is 15.1 Å². The molecule has 2 aliphatic heterocycles. The number of ether oxygens (including phenoxy) is 1. The Balaban J connectivity index is 1.65. The Bertz CT molecular complexity index is 517. The number of hydrogen-bond acceptors (Lipinski definition) is 5. The van der Waals surface area contributed by atoms with Crippen molar-refractivity contribution in [3.8, 4) is 0 Å². The molecule has 0 radical (unpaired) electrons. The summed E-state index contributed by atoms with van der Waals surface area (Å²) in [6, 6.07) is 2.10. The highest BCUT2D eigenvalue weighted by Crippen LogP contribution is 2.19. The van der Waals surface area contributed by atoms with E-state index in [-0.39, 0.29) is 5.56 Å². The first kappa shape index (κ1) is 14.5. The molecular weight excluding hydrogens is 268 g/mol. The van der Waals surface area contributed by atoms with E-state index in [9.17, 15) is 4.79 Å². The van der Waals surface area contributed by atoms with Gasteiger partial charge in [-0.1, -0.05) is 0 Å². The van der Waals surface area contributed by atoms with E-state index < -0.39 is 0 Å². The Kier molecular flexibility index (Phi) is 4.55. The topological polar surface area (TPSA) is 59.4 Å². The van der Waals surface area contributed by atoms with Crippen molar-refractivity contribution in [2.45, 2.75) is 44.4 Å². The molecule has 116 valence electrons. The number of methoxy groups -OCH3 is 1. The fourth-order valence-electron chi connectivity index (χ4n) is 3.21. The standard InChI is InChI=1S/C15H24N4O2/c1-21-14-4-7-18(8-5-14)13-9-15(20)19(17-10-13)11-12-3-2-6-16-12/h9-10,12,14,16H,2-8,11H2,1H3/t12-/m1/s1. The van der Waals surface area contributed by atoms with Crippen LogP contribution in [0.15, 0.2) is 17.1 Å². The quantitative estimate of drug-likeness (QED) is 0.881. The Morgan fingerprint density at radius 2 is 2.19 bits per heavy atom. The normalized spacial score (nSPS) is 23.7. The minimum atomic E-state index is -0.00457. The van der Waals surface area contributed by atoms with Crippen molar-refractivity contribution in [3.63, 3.8) is 0 Å². The van der Waals surface area contributed by atoms with Crippen LogP contribution in [0, 0.1) is 0 Å². The largest absolute Gasteiger partial charge is 0.381 e. The summed E-state index contributed by atoms with van der Waals surface area (Å²) in [4.78, 5) is 14.4. The lowest BCUT2D eigenvalue weighted by Crippen LogP contribution is -2.38. The lowest BCUT2D eigenvalue weighted by molar-refractivity contribution is 0.0819. The summed E-state index contributed by atoms with van der Waals surface area (Å²) in [6.45, 7) is 3.57. The molecule has 3 rings (SSSR count). The maximum Gasteiger partial charge on any atom is 0.268 e. The van der Waals surface area contributed by atoms with E-state index in [1.54, 1.807) is 17.9 Å². The first-order chi connectivity index (χ1) is 10.3. The van der Waals surface area contributed by atoms with Gasteiger partial charge in [0.2, 0.25) is 0 Å². The first-order valence-electron chi connectivity index (χ1n) is 7.84. The predicted molar refractivity (Wildman–Crippen MR) is 81.8 cm³/mol. The average Bonchev–Trinajstić information content (AvgIpc) is 3.02. The number of piperidine rings is 1. The van der Waals surface area contributed by atoms with Gasteiger partial charge in [-0.15, -0.1) is 0 Å². The van der Waals surface area contributed by atoms with Gasteiger partial charge in [0.05, 0.1) is 24.5 Å². The molecule has 3 heterocycles. The van der Waals surface area contributed by atoms with Gasteiger partial charge in [-0.05, 0) is 32.2 Å². The molecule has 6 nitrogen and oxygen atoms in total. The summed E-state index contributed by atoms with van der Waals surface area (Å²) in [5.74, 6) is 0. The molecule has 1 aromatic rings. The van der Waals surface area contributed by atoms with E-state index in [0.717, 1.165) is 44.6 Å². The van der Waals surface area contributed by atoms with Gasteiger partial charge in [-0.3, -0.25) is 4.79 Å². The number of rotatable bonds is 4. The molecule has 0 spiro atoms. The zero-order valence-electron chi connectivity index (χ0n) is 12.6. The van der Waals surface area contributed by atoms with Crippen LogP contribution in [0.1, 0.15) is 25.7 Å². The summed E-state index contributed by atoms with van der Waals surface area (Å²) < 4.78 is 6.96. The maximum atomic E-state index is 12.2. The molecule has 0 bridgehead atoms. The van der Waals surface area contributed by atoms with E-state index in [0.29, 0.717) is 18.7 Å². The van der Waals surface area contributed by atoms with Crippen LogP contribution in [0.25, 0.3) is 0 Å². The molecule has 2 fully saturated rings. The monoisotopic (exact) mass is 292 g/mol. The first-order valence-corrected chi connectivity index (χ1v) is 7.84. The van der Waals surface area contributed by atoms with E-state index in [1.807, 2.05) is 6.20 Å². The van der Waals surface area contributed by atoms with Gasteiger partial charge in [0, 0.05) is 32.3 Å². The van der Waals surface area contributed by atoms with Gasteiger partial charge in [-0.2, -0.15) is 5.10 Å². The Morgan fingerprint density at radius 1 is 1.38 bits per heavy atom. The van der Waals surface area contributed by atoms with Gasteiger partial charge >= 0.3 is 0 Å². The summed E-state index contributed by atoms with van der Waals surface area (Å²) in [5.41, 5.74) is 0.931. The van der Waals surface area contributed by atoms with Gasteiger partial charge in [-0.25, -0.2) is 4.68 Å². The Hall–Kier alpha value is -1.40. The van der Waals surface area contributed by atoms with Gasteiger partial charge in [0.15, 0.2) is 0 Å². The second kappa shape index (κ2) is 6.58. The molecule has 0 unspecified atom stereocenters. The van der Waals surface area contributed by atoms with Crippen LogP contribution >= 0.6 is 0 Å². The average molecular weight is 292 g/mol. The lowest BCUT2D eigenvalue weighted by Gasteiger charge is -2.32. The molecule has 1 aromatic heterocycles. The van der Waals surface area contributed by atoms with E-state index in [4.69, 9.17) is 4.74 Å². The van der Waals surface area contributed by atoms with E-state index in [1.165, 1.54) is 6.42 Å². The minimum absolute atomic E-state index is 0.00457. The highest BCUT2D eigenvalue weighted by atomic mass is 16.5. The third-order valence-corrected chi connectivity index (χ3v) is 4.55.